The summed E-state index contributed by atoms with van der Waals surface area (Å²) >= 11 is 6.09. The third kappa shape index (κ3) is 4.06. The molecule has 1 aliphatic carbocycles. The minimum atomic E-state index is -0.162. The summed E-state index contributed by atoms with van der Waals surface area (Å²) in [5, 5.41) is 6.92. The first kappa shape index (κ1) is 15.0. The lowest BCUT2D eigenvalue weighted by atomic mass is 10.0. The number of carbonyl (C=O) groups excluding carboxylic acids is 1. The van der Waals surface area contributed by atoms with Gasteiger partial charge in [-0.2, -0.15) is 0 Å². The van der Waals surface area contributed by atoms with Crippen molar-refractivity contribution in [3.05, 3.63) is 64.9 Å². The highest BCUT2D eigenvalue weighted by Gasteiger charge is 2.24. The van der Waals surface area contributed by atoms with E-state index in [2.05, 4.69) is 15.6 Å². The quantitative estimate of drug-likeness (QED) is 0.861. The molecule has 1 atom stereocenters. The van der Waals surface area contributed by atoms with Crippen molar-refractivity contribution >= 4 is 17.5 Å². The molecule has 5 heteroatoms. The van der Waals surface area contributed by atoms with Crippen LogP contribution in [0.4, 0.5) is 0 Å². The molecule has 2 N–H and O–H groups in total. The normalized spacial score (nSPS) is 15.3. The highest BCUT2D eigenvalue weighted by atomic mass is 35.5. The van der Waals surface area contributed by atoms with Gasteiger partial charge in [0.25, 0.3) is 0 Å². The topological polar surface area (TPSA) is 54.0 Å². The second-order valence-corrected chi connectivity index (χ2v) is 5.90. The molecular formula is C17H18ClN3O. The van der Waals surface area contributed by atoms with Gasteiger partial charge in [-0.1, -0.05) is 29.8 Å². The number of carbonyl (C=O) groups is 1. The van der Waals surface area contributed by atoms with Crippen LogP contribution in [0.25, 0.3) is 0 Å². The molecule has 1 fully saturated rings. The lowest BCUT2D eigenvalue weighted by Gasteiger charge is -2.19. The molecule has 22 heavy (non-hydrogen) atoms. The van der Waals surface area contributed by atoms with Gasteiger partial charge in [-0.25, -0.2) is 0 Å². The molecule has 1 saturated carbocycles. The summed E-state index contributed by atoms with van der Waals surface area (Å²) in [6, 6.07) is 13.6. The average Bonchev–Trinajstić information content (AvgIpc) is 3.32. The maximum absolute atomic E-state index is 11.9. The smallest absolute Gasteiger partial charge is 0.234 e. The molecule has 0 bridgehead atoms. The summed E-state index contributed by atoms with van der Waals surface area (Å²) in [6.45, 7) is 0.254. The van der Waals surface area contributed by atoms with E-state index in [1.807, 2.05) is 42.5 Å². The lowest BCUT2D eigenvalue weighted by molar-refractivity contribution is -0.120. The fourth-order valence-electron chi connectivity index (χ4n) is 2.33. The number of rotatable bonds is 6. The predicted octanol–water partition coefficient (Wildman–Crippen LogP) is 2.69. The van der Waals surface area contributed by atoms with Gasteiger partial charge in [-0.05, 0) is 42.7 Å². The van der Waals surface area contributed by atoms with E-state index in [0.717, 1.165) is 24.1 Å². The number of benzene rings is 1. The van der Waals surface area contributed by atoms with Crippen molar-refractivity contribution in [2.24, 2.45) is 0 Å². The first-order chi connectivity index (χ1) is 10.7. The zero-order valence-corrected chi connectivity index (χ0v) is 12.9. The number of nitrogens with zero attached hydrogens (tertiary/aromatic N) is 1. The van der Waals surface area contributed by atoms with Gasteiger partial charge >= 0.3 is 0 Å². The van der Waals surface area contributed by atoms with Gasteiger partial charge in [0.2, 0.25) is 5.91 Å². The Balaban J connectivity index is 1.75. The molecule has 0 aliphatic heterocycles. The van der Waals surface area contributed by atoms with E-state index in [9.17, 15) is 4.79 Å². The molecular weight excluding hydrogens is 298 g/mol. The molecule has 2 aromatic rings. The minimum Gasteiger partial charge on any atom is -0.352 e. The molecule has 1 aromatic carbocycles. The zero-order valence-electron chi connectivity index (χ0n) is 12.1. The third-order valence-electron chi connectivity index (χ3n) is 3.57. The number of hydrogen-bond acceptors (Lipinski definition) is 3. The highest BCUT2D eigenvalue weighted by Crippen LogP contribution is 2.23. The predicted molar refractivity (Wildman–Crippen MR) is 86.7 cm³/mol. The monoisotopic (exact) mass is 315 g/mol. The van der Waals surface area contributed by atoms with Gasteiger partial charge in [0.15, 0.2) is 0 Å². The summed E-state index contributed by atoms with van der Waals surface area (Å²) in [6.07, 6.45) is 3.92. The molecule has 4 nitrogen and oxygen atoms in total. The molecule has 0 spiro atoms. The molecule has 1 aromatic heterocycles. The molecule has 0 radical (unpaired) electrons. The SMILES string of the molecule is O=C(CN[C@@H](c1cccc(Cl)c1)c1ccccn1)NC1CC1. The second-order valence-electron chi connectivity index (χ2n) is 5.47. The second kappa shape index (κ2) is 6.90. The van der Waals surface area contributed by atoms with Crippen LogP contribution in [0.3, 0.4) is 0 Å². The van der Waals surface area contributed by atoms with Crippen LogP contribution in [0.5, 0.6) is 0 Å². The Morgan fingerprint density at radius 2 is 2.14 bits per heavy atom. The Morgan fingerprint density at radius 3 is 2.82 bits per heavy atom. The van der Waals surface area contributed by atoms with Crippen LogP contribution in [-0.4, -0.2) is 23.5 Å². The van der Waals surface area contributed by atoms with Crippen molar-refractivity contribution in [1.82, 2.24) is 15.6 Å². The minimum absolute atomic E-state index is 0.0189. The van der Waals surface area contributed by atoms with Crippen LogP contribution in [0, 0.1) is 0 Å². The number of amides is 1. The summed E-state index contributed by atoms with van der Waals surface area (Å²) in [5.41, 5.74) is 1.86. The number of pyridine rings is 1. The Morgan fingerprint density at radius 1 is 1.27 bits per heavy atom. The maximum Gasteiger partial charge on any atom is 0.234 e. The van der Waals surface area contributed by atoms with Crippen molar-refractivity contribution in [1.29, 1.82) is 0 Å². The maximum atomic E-state index is 11.9. The number of halogens is 1. The Bertz CT molecular complexity index is 643. The first-order valence-corrected chi connectivity index (χ1v) is 7.79. The van der Waals surface area contributed by atoms with Gasteiger partial charge in [0, 0.05) is 17.3 Å². The Hall–Kier alpha value is -1.91. The van der Waals surface area contributed by atoms with E-state index in [0.29, 0.717) is 11.1 Å². The third-order valence-corrected chi connectivity index (χ3v) is 3.81. The number of aromatic nitrogens is 1. The van der Waals surface area contributed by atoms with E-state index in [1.165, 1.54) is 0 Å². The van der Waals surface area contributed by atoms with Gasteiger partial charge in [-0.15, -0.1) is 0 Å². The molecule has 1 heterocycles. The molecule has 3 rings (SSSR count). The van der Waals surface area contributed by atoms with Crippen LogP contribution in [0.1, 0.15) is 30.1 Å². The van der Waals surface area contributed by atoms with E-state index in [-0.39, 0.29) is 18.5 Å². The lowest BCUT2D eigenvalue weighted by Crippen LogP contribution is -2.37. The van der Waals surface area contributed by atoms with Crippen molar-refractivity contribution in [3.8, 4) is 0 Å². The Labute approximate surface area is 134 Å². The summed E-state index contributed by atoms with van der Waals surface area (Å²) in [4.78, 5) is 16.3. The van der Waals surface area contributed by atoms with E-state index < -0.39 is 0 Å². The summed E-state index contributed by atoms with van der Waals surface area (Å²) in [5.74, 6) is 0.0189. The largest absolute Gasteiger partial charge is 0.352 e. The number of hydrogen-bond donors (Lipinski definition) is 2. The van der Waals surface area contributed by atoms with E-state index in [1.54, 1.807) is 6.20 Å². The van der Waals surface area contributed by atoms with Gasteiger partial charge in [0.1, 0.15) is 0 Å². The summed E-state index contributed by atoms with van der Waals surface area (Å²) < 4.78 is 0. The van der Waals surface area contributed by atoms with Crippen molar-refractivity contribution in [3.63, 3.8) is 0 Å². The van der Waals surface area contributed by atoms with Crippen molar-refractivity contribution in [2.45, 2.75) is 24.9 Å². The van der Waals surface area contributed by atoms with Gasteiger partial charge in [-0.3, -0.25) is 15.1 Å². The highest BCUT2D eigenvalue weighted by molar-refractivity contribution is 6.30. The van der Waals surface area contributed by atoms with Crippen molar-refractivity contribution in [2.75, 3.05) is 6.54 Å². The van der Waals surface area contributed by atoms with E-state index >= 15 is 0 Å². The average molecular weight is 316 g/mol. The molecule has 0 unspecified atom stereocenters. The van der Waals surface area contributed by atoms with Crippen molar-refractivity contribution < 1.29 is 4.79 Å². The molecule has 0 saturated heterocycles. The molecule has 1 aliphatic rings. The fourth-order valence-corrected chi connectivity index (χ4v) is 2.53. The van der Waals surface area contributed by atoms with Crippen LogP contribution >= 0.6 is 11.6 Å². The summed E-state index contributed by atoms with van der Waals surface area (Å²) in [7, 11) is 0. The van der Waals surface area contributed by atoms with Crippen LogP contribution < -0.4 is 10.6 Å². The molecule has 1 amide bonds. The first-order valence-electron chi connectivity index (χ1n) is 7.41. The standard InChI is InChI=1S/C17H18ClN3O/c18-13-5-3-4-12(10-13)17(15-6-1-2-9-19-15)20-11-16(22)21-14-7-8-14/h1-6,9-10,14,17,20H,7-8,11H2,(H,21,22)/t17-/m0/s1. The van der Waals surface area contributed by atoms with Gasteiger partial charge in [0.05, 0.1) is 18.3 Å². The van der Waals surface area contributed by atoms with Crippen LogP contribution in [-0.2, 0) is 4.79 Å². The van der Waals surface area contributed by atoms with Crippen LogP contribution in [0.15, 0.2) is 48.7 Å². The van der Waals surface area contributed by atoms with Crippen LogP contribution in [0.2, 0.25) is 5.02 Å². The number of nitrogens with one attached hydrogen (secondary N) is 2. The fraction of sp³-hybridized carbons (Fsp3) is 0.294. The molecule has 114 valence electrons. The zero-order chi connectivity index (χ0) is 15.4. The Kier molecular flexibility index (Phi) is 4.71. The van der Waals surface area contributed by atoms with E-state index in [4.69, 9.17) is 11.6 Å². The van der Waals surface area contributed by atoms with Gasteiger partial charge < -0.3 is 5.32 Å².